The van der Waals surface area contributed by atoms with Gasteiger partial charge in [0.1, 0.15) is 0 Å². The lowest BCUT2D eigenvalue weighted by atomic mass is 9.52. The SMILES string of the molecule is CC1(C)O[C@@]2([C@@H]3C[C@@H](CO)C[C@H](CC4CCC(N)NC4)C3)CC[C@H]1[C@](N)(CCO)C2. The van der Waals surface area contributed by atoms with Crippen LogP contribution in [0.1, 0.15) is 78.1 Å². The van der Waals surface area contributed by atoms with Crippen LogP contribution >= 0.6 is 0 Å². The Bertz CT molecular complexity index is 594. The lowest BCUT2D eigenvalue weighted by Gasteiger charge is -2.65. The van der Waals surface area contributed by atoms with E-state index < -0.39 is 0 Å². The van der Waals surface area contributed by atoms with Gasteiger partial charge in [-0.05, 0) is 108 Å². The first-order valence-electron chi connectivity index (χ1n) is 12.4. The summed E-state index contributed by atoms with van der Waals surface area (Å²) in [4.78, 5) is 0. The zero-order valence-corrected chi connectivity index (χ0v) is 19.1. The van der Waals surface area contributed by atoms with Gasteiger partial charge in [0, 0.05) is 24.7 Å². The fourth-order valence-corrected chi connectivity index (χ4v) is 8.02. The van der Waals surface area contributed by atoms with Crippen LogP contribution < -0.4 is 16.8 Å². The van der Waals surface area contributed by atoms with Crippen molar-refractivity contribution < 1.29 is 14.9 Å². The first-order valence-corrected chi connectivity index (χ1v) is 12.4. The van der Waals surface area contributed by atoms with Crippen LogP contribution in [-0.4, -0.2) is 52.9 Å². The highest BCUT2D eigenvalue weighted by molar-refractivity contribution is 5.15. The molecule has 3 aliphatic heterocycles. The number of nitrogens with one attached hydrogen (secondary N) is 1. The van der Waals surface area contributed by atoms with E-state index in [9.17, 15) is 10.2 Å². The highest BCUT2D eigenvalue weighted by Crippen LogP contribution is 2.60. The van der Waals surface area contributed by atoms with Gasteiger partial charge in [-0.2, -0.15) is 0 Å². The summed E-state index contributed by atoms with van der Waals surface area (Å²) in [6.45, 7) is 5.83. The Morgan fingerprint density at radius 3 is 2.43 bits per heavy atom. The molecule has 7 N–H and O–H groups in total. The average molecular weight is 424 g/mol. The number of fused-ring (bicyclic) bond motifs is 3. The number of ether oxygens (including phenoxy) is 1. The molecule has 5 fully saturated rings. The van der Waals surface area contributed by atoms with Gasteiger partial charge in [-0.25, -0.2) is 0 Å². The minimum atomic E-state index is -0.347. The van der Waals surface area contributed by atoms with E-state index in [2.05, 4.69) is 19.2 Å². The third kappa shape index (κ3) is 4.33. The standard InChI is InChI=1S/C24H45N3O3/c1-22(2)20-5-6-24(30-22,15-23(20,26)7-8-28)19-11-17(10-18(12-19)14-29)9-16-3-4-21(25)27-13-16/h16-21,27-29H,3-15,25-26H2,1-2H3/t16?,17-,18-,19-,20+,21?,23-,24-/m0/s1. The summed E-state index contributed by atoms with van der Waals surface area (Å²) in [5.41, 5.74) is 12.2. The van der Waals surface area contributed by atoms with E-state index in [4.69, 9.17) is 16.2 Å². The second-order valence-corrected chi connectivity index (χ2v) is 11.8. The molecule has 174 valence electrons. The Labute approximate surface area is 182 Å². The van der Waals surface area contributed by atoms with Gasteiger partial charge in [0.15, 0.2) is 0 Å². The number of aliphatic hydroxyl groups is 2. The van der Waals surface area contributed by atoms with Crippen LogP contribution in [0, 0.1) is 29.6 Å². The summed E-state index contributed by atoms with van der Waals surface area (Å²) >= 11 is 0. The van der Waals surface area contributed by atoms with E-state index >= 15 is 0 Å². The van der Waals surface area contributed by atoms with E-state index in [1.54, 1.807) is 0 Å². The second kappa shape index (κ2) is 8.60. The molecule has 2 unspecified atom stereocenters. The van der Waals surface area contributed by atoms with Gasteiger partial charge in [0.05, 0.1) is 17.4 Å². The molecule has 0 amide bonds. The lowest BCUT2D eigenvalue weighted by Crippen LogP contribution is -2.72. The molecule has 0 spiro atoms. The molecule has 0 aromatic carbocycles. The van der Waals surface area contributed by atoms with Gasteiger partial charge in [0.2, 0.25) is 0 Å². The van der Waals surface area contributed by atoms with E-state index in [0.717, 1.165) is 45.1 Å². The molecule has 2 bridgehead atoms. The average Bonchev–Trinajstić information content (AvgIpc) is 2.68. The number of hydrogen-bond acceptors (Lipinski definition) is 6. The lowest BCUT2D eigenvalue weighted by molar-refractivity contribution is -0.289. The third-order valence-corrected chi connectivity index (χ3v) is 9.19. The highest BCUT2D eigenvalue weighted by Gasteiger charge is 2.63. The fourth-order valence-electron chi connectivity index (χ4n) is 8.02. The monoisotopic (exact) mass is 423 g/mol. The number of piperidine rings is 1. The van der Waals surface area contributed by atoms with Crippen molar-refractivity contribution >= 4 is 0 Å². The van der Waals surface area contributed by atoms with Crippen LogP contribution in [0.4, 0.5) is 0 Å². The fraction of sp³-hybridized carbons (Fsp3) is 1.00. The summed E-state index contributed by atoms with van der Waals surface area (Å²) < 4.78 is 6.91. The first kappa shape index (κ1) is 22.9. The third-order valence-electron chi connectivity index (χ3n) is 9.19. The zero-order chi connectivity index (χ0) is 21.6. The van der Waals surface area contributed by atoms with Gasteiger partial charge in [-0.3, -0.25) is 0 Å². The maximum atomic E-state index is 10.1. The van der Waals surface area contributed by atoms with E-state index in [1.165, 1.54) is 19.3 Å². The summed E-state index contributed by atoms with van der Waals surface area (Å²) in [6.07, 6.45) is 10.6. The van der Waals surface area contributed by atoms with Crippen LogP contribution in [0.2, 0.25) is 0 Å². The molecule has 6 heteroatoms. The van der Waals surface area contributed by atoms with Crippen molar-refractivity contribution in [3.63, 3.8) is 0 Å². The Morgan fingerprint density at radius 2 is 1.80 bits per heavy atom. The van der Waals surface area contributed by atoms with Gasteiger partial charge >= 0.3 is 0 Å². The molecule has 30 heavy (non-hydrogen) atoms. The van der Waals surface area contributed by atoms with Crippen molar-refractivity contribution in [1.29, 1.82) is 0 Å². The molecule has 3 heterocycles. The predicted molar refractivity (Wildman–Crippen MR) is 119 cm³/mol. The predicted octanol–water partition coefficient (Wildman–Crippen LogP) is 2.11. The summed E-state index contributed by atoms with van der Waals surface area (Å²) in [7, 11) is 0. The minimum absolute atomic E-state index is 0.141. The molecule has 0 radical (unpaired) electrons. The Hall–Kier alpha value is -0.240. The van der Waals surface area contributed by atoms with E-state index in [0.29, 0.717) is 36.0 Å². The van der Waals surface area contributed by atoms with Crippen LogP contribution in [0.25, 0.3) is 0 Å². The largest absolute Gasteiger partial charge is 0.396 e. The molecule has 5 aliphatic rings. The molecular formula is C24H45N3O3. The molecule has 0 aromatic rings. The number of rotatable bonds is 6. The topological polar surface area (TPSA) is 114 Å². The molecule has 5 rings (SSSR count). The van der Waals surface area contributed by atoms with Crippen molar-refractivity contribution in [2.24, 2.45) is 41.1 Å². The Morgan fingerprint density at radius 1 is 1.03 bits per heavy atom. The maximum Gasteiger partial charge on any atom is 0.0735 e. The first-order chi connectivity index (χ1) is 14.2. The molecule has 2 saturated carbocycles. The van der Waals surface area contributed by atoms with Crippen LogP contribution in [0.15, 0.2) is 0 Å². The number of aliphatic hydroxyl groups excluding tert-OH is 2. The van der Waals surface area contributed by atoms with Crippen molar-refractivity contribution in [1.82, 2.24) is 5.32 Å². The molecular weight excluding hydrogens is 378 g/mol. The van der Waals surface area contributed by atoms with E-state index in [-0.39, 0.29) is 36.1 Å². The molecule has 0 aromatic heterocycles. The van der Waals surface area contributed by atoms with Crippen molar-refractivity contribution in [2.75, 3.05) is 19.8 Å². The number of hydrogen-bond donors (Lipinski definition) is 5. The molecule has 6 nitrogen and oxygen atoms in total. The van der Waals surface area contributed by atoms with Crippen LogP contribution in [-0.2, 0) is 4.74 Å². The normalized spacial score (nSPS) is 48.6. The molecule has 2 aliphatic carbocycles. The van der Waals surface area contributed by atoms with Crippen molar-refractivity contribution in [3.05, 3.63) is 0 Å². The van der Waals surface area contributed by atoms with Gasteiger partial charge in [-0.1, -0.05) is 0 Å². The molecule has 3 saturated heterocycles. The summed E-state index contributed by atoms with van der Waals surface area (Å²) in [6, 6.07) is 0. The smallest absolute Gasteiger partial charge is 0.0735 e. The van der Waals surface area contributed by atoms with Gasteiger partial charge in [-0.15, -0.1) is 0 Å². The quantitative estimate of drug-likeness (QED) is 0.447. The summed E-state index contributed by atoms with van der Waals surface area (Å²) in [5, 5.41) is 23.3. The van der Waals surface area contributed by atoms with Crippen LogP contribution in [0.3, 0.4) is 0 Å². The summed E-state index contributed by atoms with van der Waals surface area (Å²) in [5.74, 6) is 2.41. The van der Waals surface area contributed by atoms with Gasteiger partial charge < -0.3 is 31.7 Å². The van der Waals surface area contributed by atoms with Gasteiger partial charge in [0.25, 0.3) is 0 Å². The molecule has 8 atom stereocenters. The van der Waals surface area contributed by atoms with E-state index in [1.807, 2.05) is 0 Å². The van der Waals surface area contributed by atoms with Crippen LogP contribution in [0.5, 0.6) is 0 Å². The number of nitrogens with two attached hydrogens (primary N) is 2. The Kier molecular flexibility index (Phi) is 6.58. The minimum Gasteiger partial charge on any atom is -0.396 e. The second-order valence-electron chi connectivity index (χ2n) is 11.8. The van der Waals surface area contributed by atoms with Crippen molar-refractivity contribution in [2.45, 2.75) is 101 Å². The Balaban J connectivity index is 1.52. The van der Waals surface area contributed by atoms with Crippen molar-refractivity contribution in [3.8, 4) is 0 Å². The zero-order valence-electron chi connectivity index (χ0n) is 19.1. The highest BCUT2D eigenvalue weighted by atomic mass is 16.5. The maximum absolute atomic E-state index is 10.1.